The van der Waals surface area contributed by atoms with Crippen molar-refractivity contribution in [3.8, 4) is 11.5 Å². The normalized spacial score (nSPS) is 13.4. The van der Waals surface area contributed by atoms with Gasteiger partial charge < -0.3 is 9.47 Å². The summed E-state index contributed by atoms with van der Waals surface area (Å²) >= 11 is 0. The second-order valence-corrected chi connectivity index (χ2v) is 9.37. The molecule has 3 rings (SSSR count). The first kappa shape index (κ1) is 20.8. The van der Waals surface area contributed by atoms with Crippen molar-refractivity contribution in [2.45, 2.75) is 48.0 Å². The number of benzene rings is 2. The maximum absolute atomic E-state index is 13.4. The molecule has 0 aliphatic heterocycles. The average Bonchev–Trinajstić information content (AvgIpc) is 2.60. The molecule has 0 atom stereocenters. The fourth-order valence-corrected chi connectivity index (χ4v) is 2.97. The van der Waals surface area contributed by atoms with E-state index in [9.17, 15) is 14.4 Å². The van der Waals surface area contributed by atoms with Gasteiger partial charge in [-0.15, -0.1) is 0 Å². The zero-order valence-corrected chi connectivity index (χ0v) is 17.7. The van der Waals surface area contributed by atoms with Crippen molar-refractivity contribution in [1.82, 2.24) is 0 Å². The molecular formula is C24H26O5. The highest BCUT2D eigenvalue weighted by Gasteiger charge is 2.33. The predicted molar refractivity (Wildman–Crippen MR) is 109 cm³/mol. The van der Waals surface area contributed by atoms with Crippen molar-refractivity contribution in [2.24, 2.45) is 10.8 Å². The van der Waals surface area contributed by atoms with Crippen LogP contribution in [0.15, 0.2) is 36.4 Å². The van der Waals surface area contributed by atoms with Crippen molar-refractivity contribution in [3.05, 3.63) is 58.7 Å². The summed E-state index contributed by atoms with van der Waals surface area (Å²) in [5, 5.41) is 0. The van der Waals surface area contributed by atoms with Crippen LogP contribution in [-0.4, -0.2) is 17.7 Å². The van der Waals surface area contributed by atoms with E-state index in [0.29, 0.717) is 17.5 Å². The van der Waals surface area contributed by atoms with Gasteiger partial charge in [-0.25, -0.2) is 0 Å². The van der Waals surface area contributed by atoms with E-state index in [-0.39, 0.29) is 17.3 Å². The van der Waals surface area contributed by atoms with Crippen LogP contribution in [0.3, 0.4) is 0 Å². The Bertz CT molecular complexity index is 923. The molecule has 2 aromatic rings. The number of fused-ring (bicyclic) bond motifs is 2. The van der Waals surface area contributed by atoms with Gasteiger partial charge in [-0.3, -0.25) is 14.4 Å². The summed E-state index contributed by atoms with van der Waals surface area (Å²) in [5.41, 5.74) is 0.841. The number of ketones is 1. The molecular weight excluding hydrogens is 368 g/mol. The molecule has 0 saturated carbocycles. The molecule has 5 nitrogen and oxygen atoms in total. The second kappa shape index (κ2) is 7.14. The zero-order valence-electron chi connectivity index (χ0n) is 17.7. The van der Waals surface area contributed by atoms with E-state index >= 15 is 0 Å². The van der Waals surface area contributed by atoms with E-state index in [2.05, 4.69) is 0 Å². The van der Waals surface area contributed by atoms with E-state index in [0.717, 1.165) is 11.1 Å². The number of esters is 2. The first-order valence-corrected chi connectivity index (χ1v) is 9.62. The summed E-state index contributed by atoms with van der Waals surface area (Å²) in [6.07, 6.45) is 0.484. The van der Waals surface area contributed by atoms with E-state index in [1.165, 1.54) is 0 Å². The minimum atomic E-state index is -0.703. The Labute approximate surface area is 171 Å². The molecule has 0 spiro atoms. The Morgan fingerprint density at radius 3 is 1.45 bits per heavy atom. The van der Waals surface area contributed by atoms with Gasteiger partial charge in [0.25, 0.3) is 0 Å². The quantitative estimate of drug-likeness (QED) is 0.464. The van der Waals surface area contributed by atoms with Crippen molar-refractivity contribution in [2.75, 3.05) is 0 Å². The molecule has 0 saturated heterocycles. The van der Waals surface area contributed by atoms with Gasteiger partial charge in [0.1, 0.15) is 11.5 Å². The number of carbonyl (C=O) groups is 3. The number of ether oxygens (including phenoxy) is 2. The molecule has 0 heterocycles. The summed E-state index contributed by atoms with van der Waals surface area (Å²) in [7, 11) is 0. The third-order valence-corrected chi connectivity index (χ3v) is 4.69. The number of hydrogen-bond donors (Lipinski definition) is 0. The summed E-state index contributed by atoms with van der Waals surface area (Å²) in [4.78, 5) is 38.2. The molecule has 0 amide bonds. The lowest BCUT2D eigenvalue weighted by molar-refractivity contribution is -0.143. The predicted octanol–water partition coefficient (Wildman–Crippen LogP) is 4.72. The maximum Gasteiger partial charge on any atom is 0.316 e. The summed E-state index contributed by atoms with van der Waals surface area (Å²) < 4.78 is 11.1. The van der Waals surface area contributed by atoms with E-state index < -0.39 is 22.8 Å². The summed E-state index contributed by atoms with van der Waals surface area (Å²) in [6, 6.07) is 10.5. The third kappa shape index (κ3) is 4.09. The number of rotatable bonds is 2. The minimum Gasteiger partial charge on any atom is -0.425 e. The Hall–Kier alpha value is -2.95. The summed E-state index contributed by atoms with van der Waals surface area (Å²) in [5.74, 6) is -0.685. The van der Waals surface area contributed by atoms with Crippen molar-refractivity contribution >= 4 is 17.7 Å². The maximum atomic E-state index is 13.4. The van der Waals surface area contributed by atoms with Gasteiger partial charge >= 0.3 is 11.9 Å². The molecule has 0 aromatic heterocycles. The lowest BCUT2D eigenvalue weighted by atomic mass is 9.84. The van der Waals surface area contributed by atoms with Gasteiger partial charge in [-0.2, -0.15) is 0 Å². The van der Waals surface area contributed by atoms with Crippen LogP contribution in [0.4, 0.5) is 0 Å². The zero-order chi connectivity index (χ0) is 21.6. The highest BCUT2D eigenvalue weighted by atomic mass is 16.5. The van der Waals surface area contributed by atoms with Crippen LogP contribution in [0.25, 0.3) is 0 Å². The first-order chi connectivity index (χ1) is 13.4. The van der Waals surface area contributed by atoms with Crippen LogP contribution >= 0.6 is 0 Å². The monoisotopic (exact) mass is 394 g/mol. The highest BCUT2D eigenvalue weighted by Crippen LogP contribution is 2.38. The topological polar surface area (TPSA) is 69.7 Å². The first-order valence-electron chi connectivity index (χ1n) is 9.62. The molecule has 0 unspecified atom stereocenters. The van der Waals surface area contributed by atoms with Crippen molar-refractivity contribution < 1.29 is 23.9 Å². The van der Waals surface area contributed by atoms with Gasteiger partial charge in [-0.05, 0) is 71.2 Å². The lowest BCUT2D eigenvalue weighted by Crippen LogP contribution is -2.28. The highest BCUT2D eigenvalue weighted by molar-refractivity contribution is 6.16. The van der Waals surface area contributed by atoms with Gasteiger partial charge in [-0.1, -0.05) is 24.3 Å². The minimum absolute atomic E-state index is 0.232. The molecule has 5 heteroatoms. The molecule has 1 aliphatic carbocycles. The molecule has 152 valence electrons. The van der Waals surface area contributed by atoms with Gasteiger partial charge in [0.05, 0.1) is 22.0 Å². The molecule has 2 aromatic carbocycles. The standard InChI is InChI=1S/C24H26O5/c1-23(2,3)21(26)28-16-11-7-9-14-13-15-10-8-12-17(19(15)20(25)18(14)16)29-22(27)24(4,5)6/h7-12H,13H2,1-6H3. The summed E-state index contributed by atoms with van der Waals surface area (Å²) in [6.45, 7) is 10.5. The molecule has 0 bridgehead atoms. The Morgan fingerprint density at radius 1 is 0.724 bits per heavy atom. The molecule has 0 fully saturated rings. The van der Waals surface area contributed by atoms with Crippen LogP contribution in [0.5, 0.6) is 11.5 Å². The Morgan fingerprint density at radius 2 is 1.10 bits per heavy atom. The third-order valence-electron chi connectivity index (χ3n) is 4.69. The van der Waals surface area contributed by atoms with Crippen molar-refractivity contribution in [3.63, 3.8) is 0 Å². The fourth-order valence-electron chi connectivity index (χ4n) is 2.97. The Balaban J connectivity index is 2.05. The van der Waals surface area contributed by atoms with E-state index in [1.807, 2.05) is 12.1 Å². The van der Waals surface area contributed by atoms with Crippen LogP contribution in [0.2, 0.25) is 0 Å². The van der Waals surface area contributed by atoms with Gasteiger partial charge in [0.2, 0.25) is 5.78 Å². The number of carbonyl (C=O) groups excluding carboxylic acids is 3. The molecule has 1 aliphatic rings. The van der Waals surface area contributed by atoms with Crippen LogP contribution in [-0.2, 0) is 16.0 Å². The average molecular weight is 394 g/mol. The molecule has 0 N–H and O–H groups in total. The largest absolute Gasteiger partial charge is 0.425 e. The van der Waals surface area contributed by atoms with Gasteiger partial charge in [0.15, 0.2) is 0 Å². The second-order valence-electron chi connectivity index (χ2n) is 9.37. The van der Waals surface area contributed by atoms with Crippen molar-refractivity contribution in [1.29, 1.82) is 0 Å². The smallest absolute Gasteiger partial charge is 0.316 e. The van der Waals surface area contributed by atoms with Crippen LogP contribution in [0.1, 0.15) is 68.6 Å². The fraction of sp³-hybridized carbons (Fsp3) is 0.375. The Kier molecular flexibility index (Phi) is 5.11. The number of hydrogen-bond acceptors (Lipinski definition) is 5. The van der Waals surface area contributed by atoms with E-state index in [1.54, 1.807) is 65.8 Å². The van der Waals surface area contributed by atoms with Crippen LogP contribution in [0, 0.1) is 10.8 Å². The van der Waals surface area contributed by atoms with E-state index in [4.69, 9.17) is 9.47 Å². The lowest BCUT2D eigenvalue weighted by Gasteiger charge is -2.25. The van der Waals surface area contributed by atoms with Crippen LogP contribution < -0.4 is 9.47 Å². The van der Waals surface area contributed by atoms with Gasteiger partial charge in [0, 0.05) is 0 Å². The SMILES string of the molecule is CC(C)(C)C(=O)Oc1cccc2c1C(=O)c1c(cccc1OC(=O)C(C)(C)C)C2. The molecule has 29 heavy (non-hydrogen) atoms. The molecule has 0 radical (unpaired) electrons.